The molecule has 1 unspecified atom stereocenters. The molecule has 0 radical (unpaired) electrons. The summed E-state index contributed by atoms with van der Waals surface area (Å²) < 4.78 is 11.4. The van der Waals surface area contributed by atoms with E-state index in [-0.39, 0.29) is 12.3 Å². The molecular formula is C24H27N3O3S. The smallest absolute Gasteiger partial charge is 0.229 e. The fourth-order valence-corrected chi connectivity index (χ4v) is 4.17. The standard InChI is InChI=1S/C24H27N3O3S/c1-18-26-22(17-31-18)12-24(28)27(14-21-6-2-3-9-25-21)13-19-5-4-7-23(11-19)30-16-20-8-10-29-15-20/h2-7,9,11,17,20H,8,10,12-16H2,1H3. The van der Waals surface area contributed by atoms with Gasteiger partial charge < -0.3 is 14.4 Å². The predicted octanol–water partition coefficient (Wildman–Crippen LogP) is 4.03. The largest absolute Gasteiger partial charge is 0.493 e. The van der Waals surface area contributed by atoms with Crippen LogP contribution in [0.25, 0.3) is 0 Å². The number of carbonyl (C=O) groups excluding carboxylic acids is 1. The van der Waals surface area contributed by atoms with Gasteiger partial charge in [-0.25, -0.2) is 4.98 Å². The third kappa shape index (κ3) is 6.35. The van der Waals surface area contributed by atoms with Gasteiger partial charge in [-0.2, -0.15) is 0 Å². The van der Waals surface area contributed by atoms with Crippen molar-refractivity contribution < 1.29 is 14.3 Å². The van der Waals surface area contributed by atoms with E-state index in [1.807, 2.05) is 59.7 Å². The number of carbonyl (C=O) groups is 1. The molecule has 1 saturated heterocycles. The summed E-state index contributed by atoms with van der Waals surface area (Å²) in [6.07, 6.45) is 3.08. The zero-order valence-electron chi connectivity index (χ0n) is 17.7. The molecule has 7 heteroatoms. The van der Waals surface area contributed by atoms with Crippen LogP contribution < -0.4 is 4.74 Å². The molecule has 2 aromatic heterocycles. The van der Waals surface area contributed by atoms with E-state index < -0.39 is 0 Å². The first kappa shape index (κ1) is 21.5. The van der Waals surface area contributed by atoms with Crippen LogP contribution in [0.3, 0.4) is 0 Å². The average molecular weight is 438 g/mol. The zero-order chi connectivity index (χ0) is 21.5. The van der Waals surface area contributed by atoms with Crippen molar-refractivity contribution in [3.05, 3.63) is 76.0 Å². The lowest BCUT2D eigenvalue weighted by Gasteiger charge is -2.23. The van der Waals surface area contributed by atoms with Crippen LogP contribution >= 0.6 is 11.3 Å². The minimum atomic E-state index is 0.0328. The first-order valence-corrected chi connectivity index (χ1v) is 11.4. The van der Waals surface area contributed by atoms with Crippen molar-refractivity contribution in [3.8, 4) is 5.75 Å². The number of amides is 1. The quantitative estimate of drug-likeness (QED) is 0.506. The van der Waals surface area contributed by atoms with Gasteiger partial charge >= 0.3 is 0 Å². The van der Waals surface area contributed by atoms with Crippen LogP contribution in [-0.4, -0.2) is 40.6 Å². The maximum absolute atomic E-state index is 13.1. The molecule has 3 heterocycles. The molecule has 1 aliphatic rings. The van der Waals surface area contributed by atoms with Gasteiger partial charge in [0.1, 0.15) is 5.75 Å². The Kier molecular flexibility index (Phi) is 7.27. The van der Waals surface area contributed by atoms with E-state index >= 15 is 0 Å². The summed E-state index contributed by atoms with van der Waals surface area (Å²) in [7, 11) is 0. The number of ether oxygens (including phenoxy) is 2. The Morgan fingerprint density at radius 3 is 2.90 bits per heavy atom. The molecule has 0 aliphatic carbocycles. The van der Waals surface area contributed by atoms with Crippen LogP contribution in [0.4, 0.5) is 0 Å². The van der Waals surface area contributed by atoms with Crippen molar-refractivity contribution in [2.24, 2.45) is 5.92 Å². The number of hydrogen-bond donors (Lipinski definition) is 0. The molecule has 1 aliphatic heterocycles. The predicted molar refractivity (Wildman–Crippen MR) is 120 cm³/mol. The Morgan fingerprint density at radius 1 is 1.23 bits per heavy atom. The molecule has 0 N–H and O–H groups in total. The van der Waals surface area contributed by atoms with Crippen molar-refractivity contribution in [3.63, 3.8) is 0 Å². The number of thiazole rings is 1. The highest BCUT2D eigenvalue weighted by molar-refractivity contribution is 7.09. The second-order valence-corrected chi connectivity index (χ2v) is 8.86. The second kappa shape index (κ2) is 10.5. The molecule has 1 atom stereocenters. The van der Waals surface area contributed by atoms with Crippen molar-refractivity contribution in [1.82, 2.24) is 14.9 Å². The van der Waals surface area contributed by atoms with E-state index in [2.05, 4.69) is 9.97 Å². The Balaban J connectivity index is 1.45. The molecule has 0 bridgehead atoms. The first-order valence-electron chi connectivity index (χ1n) is 10.5. The van der Waals surface area contributed by atoms with Crippen LogP contribution in [0, 0.1) is 12.8 Å². The van der Waals surface area contributed by atoms with Crippen LogP contribution in [0.15, 0.2) is 54.0 Å². The van der Waals surface area contributed by atoms with E-state index in [9.17, 15) is 4.79 Å². The summed E-state index contributed by atoms with van der Waals surface area (Å²) in [5, 5.41) is 2.92. The second-order valence-electron chi connectivity index (χ2n) is 7.79. The van der Waals surface area contributed by atoms with Crippen molar-refractivity contribution in [2.45, 2.75) is 32.9 Å². The van der Waals surface area contributed by atoms with Crippen LogP contribution in [0.1, 0.15) is 28.4 Å². The number of benzene rings is 1. The molecule has 0 saturated carbocycles. The van der Waals surface area contributed by atoms with E-state index in [0.717, 1.165) is 47.3 Å². The van der Waals surface area contributed by atoms with Gasteiger partial charge in [-0.15, -0.1) is 11.3 Å². The molecule has 162 valence electrons. The number of nitrogens with zero attached hydrogens (tertiary/aromatic N) is 3. The lowest BCUT2D eigenvalue weighted by Crippen LogP contribution is -2.31. The molecule has 1 aromatic carbocycles. The molecule has 1 amide bonds. The monoisotopic (exact) mass is 437 g/mol. The summed E-state index contributed by atoms with van der Waals surface area (Å²) in [4.78, 5) is 23.8. The van der Waals surface area contributed by atoms with Crippen LogP contribution in [0.5, 0.6) is 5.75 Å². The lowest BCUT2D eigenvalue weighted by molar-refractivity contribution is -0.131. The third-order valence-electron chi connectivity index (χ3n) is 5.21. The number of aryl methyl sites for hydroxylation is 1. The van der Waals surface area contributed by atoms with E-state index in [4.69, 9.17) is 9.47 Å². The molecule has 4 rings (SSSR count). The van der Waals surface area contributed by atoms with Gasteiger partial charge in [-0.05, 0) is 43.2 Å². The SMILES string of the molecule is Cc1nc(CC(=O)N(Cc2cccc(OCC3CCOC3)c2)Cc2ccccn2)cs1. The minimum Gasteiger partial charge on any atom is -0.493 e. The number of hydrogen-bond acceptors (Lipinski definition) is 6. The van der Waals surface area contributed by atoms with Crippen LogP contribution in [0.2, 0.25) is 0 Å². The summed E-state index contributed by atoms with van der Waals surface area (Å²) in [6, 6.07) is 13.7. The fraction of sp³-hybridized carbons (Fsp3) is 0.375. The number of pyridine rings is 1. The van der Waals surface area contributed by atoms with Crippen LogP contribution in [-0.2, 0) is 29.0 Å². The van der Waals surface area contributed by atoms with E-state index in [1.165, 1.54) is 0 Å². The highest BCUT2D eigenvalue weighted by Gasteiger charge is 2.18. The maximum atomic E-state index is 13.1. The first-order chi connectivity index (χ1) is 15.2. The number of rotatable bonds is 9. The fourth-order valence-electron chi connectivity index (χ4n) is 3.56. The molecule has 31 heavy (non-hydrogen) atoms. The van der Waals surface area contributed by atoms with Gasteiger partial charge in [0, 0.05) is 30.6 Å². The van der Waals surface area contributed by atoms with Crippen molar-refractivity contribution in [2.75, 3.05) is 19.8 Å². The van der Waals surface area contributed by atoms with Gasteiger partial charge in [0.25, 0.3) is 0 Å². The average Bonchev–Trinajstić information content (AvgIpc) is 3.44. The molecule has 0 spiro atoms. The van der Waals surface area contributed by atoms with Crippen molar-refractivity contribution >= 4 is 17.2 Å². The van der Waals surface area contributed by atoms with Gasteiger partial charge in [-0.3, -0.25) is 9.78 Å². The van der Waals surface area contributed by atoms with E-state index in [0.29, 0.717) is 25.6 Å². The Bertz CT molecular complexity index is 986. The topological polar surface area (TPSA) is 64.6 Å². The Hall–Kier alpha value is -2.77. The maximum Gasteiger partial charge on any atom is 0.229 e. The summed E-state index contributed by atoms with van der Waals surface area (Å²) >= 11 is 1.56. The minimum absolute atomic E-state index is 0.0328. The van der Waals surface area contributed by atoms with Gasteiger partial charge in [0.05, 0.1) is 42.6 Å². The summed E-state index contributed by atoms with van der Waals surface area (Å²) in [6.45, 7) is 5.13. The lowest BCUT2D eigenvalue weighted by atomic mass is 10.1. The summed E-state index contributed by atoms with van der Waals surface area (Å²) in [5.41, 5.74) is 2.70. The Morgan fingerprint density at radius 2 is 2.16 bits per heavy atom. The van der Waals surface area contributed by atoms with Gasteiger partial charge in [-0.1, -0.05) is 18.2 Å². The Labute approximate surface area is 186 Å². The highest BCUT2D eigenvalue weighted by Crippen LogP contribution is 2.20. The van der Waals surface area contributed by atoms with E-state index in [1.54, 1.807) is 17.5 Å². The van der Waals surface area contributed by atoms with Gasteiger partial charge in [0.15, 0.2) is 0 Å². The molecule has 1 fully saturated rings. The van der Waals surface area contributed by atoms with Crippen molar-refractivity contribution in [1.29, 1.82) is 0 Å². The third-order valence-corrected chi connectivity index (χ3v) is 6.03. The highest BCUT2D eigenvalue weighted by atomic mass is 32.1. The van der Waals surface area contributed by atoms with Gasteiger partial charge in [0.2, 0.25) is 5.91 Å². The molecular weight excluding hydrogens is 410 g/mol. The summed E-state index contributed by atoms with van der Waals surface area (Å²) in [5.74, 6) is 1.31. The molecule has 6 nitrogen and oxygen atoms in total. The normalized spacial score (nSPS) is 15.7. The zero-order valence-corrected chi connectivity index (χ0v) is 18.5. The number of aromatic nitrogens is 2. The molecule has 3 aromatic rings.